The number of aromatic hydroxyl groups is 3. The zero-order chi connectivity index (χ0) is 17.7. The average molecular weight is 327 g/mol. The number of benzene rings is 2. The van der Waals surface area contributed by atoms with Gasteiger partial charge in [0.2, 0.25) is 5.91 Å². The third-order valence-electron chi connectivity index (χ3n) is 3.00. The molecule has 0 unspecified atom stereocenters. The van der Waals surface area contributed by atoms with Crippen molar-refractivity contribution in [2.75, 3.05) is 10.6 Å². The molecule has 0 spiro atoms. The first kappa shape index (κ1) is 16.6. The molecule has 0 aliphatic carbocycles. The molecule has 0 aliphatic heterocycles. The predicted octanol–water partition coefficient (Wildman–Crippen LogP) is 1.91. The highest BCUT2D eigenvalue weighted by Gasteiger charge is 2.13. The van der Waals surface area contributed by atoms with Crippen LogP contribution < -0.4 is 10.6 Å². The maximum Gasteiger partial charge on any atom is 0.255 e. The molecule has 0 atom stereocenters. The summed E-state index contributed by atoms with van der Waals surface area (Å²) in [4.78, 5) is 23.3. The number of anilines is 2. The van der Waals surface area contributed by atoms with Gasteiger partial charge in [-0.2, -0.15) is 5.26 Å². The molecule has 0 fully saturated rings. The fourth-order valence-electron chi connectivity index (χ4n) is 1.85. The number of carbonyl (C=O) groups excluding carboxylic acids is 2. The number of carbonyl (C=O) groups is 2. The molecule has 0 bridgehead atoms. The van der Waals surface area contributed by atoms with Gasteiger partial charge in [-0.3, -0.25) is 9.59 Å². The molecule has 0 aliphatic rings. The molecular formula is C16H13N3O5. The number of hydrogen-bond donors (Lipinski definition) is 5. The van der Waals surface area contributed by atoms with Crippen molar-refractivity contribution in [1.82, 2.24) is 0 Å². The van der Waals surface area contributed by atoms with Gasteiger partial charge in [-0.15, -0.1) is 0 Å². The standard InChI is InChI=1S/C16H13N3O5/c17-6-5-14(22)18-10-1-3-11(4-2-10)19-16(24)9-7-12(20)15(23)13(21)8-9/h1-4,7-8,20-21,23H,5H2,(H,18,22)(H,19,24). The smallest absolute Gasteiger partial charge is 0.255 e. The van der Waals surface area contributed by atoms with Crippen molar-refractivity contribution in [3.05, 3.63) is 42.0 Å². The highest BCUT2D eigenvalue weighted by molar-refractivity contribution is 6.05. The summed E-state index contributed by atoms with van der Waals surface area (Å²) < 4.78 is 0. The molecule has 2 aromatic rings. The second-order valence-electron chi connectivity index (χ2n) is 4.78. The maximum absolute atomic E-state index is 12.1. The van der Waals surface area contributed by atoms with Gasteiger partial charge in [0.1, 0.15) is 6.42 Å². The average Bonchev–Trinajstić information content (AvgIpc) is 2.54. The maximum atomic E-state index is 12.1. The molecule has 0 saturated carbocycles. The fourth-order valence-corrected chi connectivity index (χ4v) is 1.85. The molecule has 2 rings (SSSR count). The van der Waals surface area contributed by atoms with Crippen LogP contribution in [0.3, 0.4) is 0 Å². The molecule has 2 amide bonds. The Kier molecular flexibility index (Phi) is 4.87. The topological polar surface area (TPSA) is 143 Å². The van der Waals surface area contributed by atoms with Crippen LogP contribution >= 0.6 is 0 Å². The monoisotopic (exact) mass is 327 g/mol. The first-order chi connectivity index (χ1) is 11.4. The lowest BCUT2D eigenvalue weighted by Crippen LogP contribution is -2.12. The molecule has 0 saturated heterocycles. The Labute approximate surface area is 136 Å². The summed E-state index contributed by atoms with van der Waals surface area (Å²) in [5, 5.41) is 41.5. The summed E-state index contributed by atoms with van der Waals surface area (Å²) in [6.07, 6.45) is -0.258. The van der Waals surface area contributed by atoms with E-state index in [4.69, 9.17) is 5.26 Å². The zero-order valence-electron chi connectivity index (χ0n) is 12.3. The summed E-state index contributed by atoms with van der Waals surface area (Å²) in [5.41, 5.74) is 0.827. The normalized spacial score (nSPS) is 9.79. The van der Waals surface area contributed by atoms with Gasteiger partial charge in [0.25, 0.3) is 5.91 Å². The van der Waals surface area contributed by atoms with E-state index < -0.39 is 29.1 Å². The first-order valence-corrected chi connectivity index (χ1v) is 6.74. The van der Waals surface area contributed by atoms with E-state index in [0.29, 0.717) is 11.4 Å². The second-order valence-corrected chi connectivity index (χ2v) is 4.78. The number of nitrogens with one attached hydrogen (secondary N) is 2. The lowest BCUT2D eigenvalue weighted by molar-refractivity contribution is -0.115. The number of rotatable bonds is 4. The predicted molar refractivity (Wildman–Crippen MR) is 84.7 cm³/mol. The van der Waals surface area contributed by atoms with Gasteiger partial charge in [-0.1, -0.05) is 0 Å². The molecule has 8 nitrogen and oxygen atoms in total. The van der Waals surface area contributed by atoms with Crippen molar-refractivity contribution < 1.29 is 24.9 Å². The number of amides is 2. The van der Waals surface area contributed by atoms with Gasteiger partial charge in [0.15, 0.2) is 17.2 Å². The van der Waals surface area contributed by atoms with E-state index in [-0.39, 0.29) is 12.0 Å². The Morgan fingerprint density at radius 1 is 0.958 bits per heavy atom. The van der Waals surface area contributed by atoms with Crippen LogP contribution in [-0.2, 0) is 4.79 Å². The van der Waals surface area contributed by atoms with Crippen molar-refractivity contribution >= 4 is 23.2 Å². The number of phenols is 3. The molecule has 0 aromatic heterocycles. The molecule has 122 valence electrons. The van der Waals surface area contributed by atoms with E-state index in [1.165, 1.54) is 24.3 Å². The molecule has 0 radical (unpaired) electrons. The van der Waals surface area contributed by atoms with E-state index >= 15 is 0 Å². The van der Waals surface area contributed by atoms with E-state index in [1.54, 1.807) is 6.07 Å². The van der Waals surface area contributed by atoms with Crippen molar-refractivity contribution in [3.63, 3.8) is 0 Å². The quantitative estimate of drug-likeness (QED) is 0.543. The van der Waals surface area contributed by atoms with Gasteiger partial charge in [0, 0.05) is 16.9 Å². The van der Waals surface area contributed by atoms with Gasteiger partial charge >= 0.3 is 0 Å². The third kappa shape index (κ3) is 3.92. The summed E-state index contributed by atoms with van der Waals surface area (Å²) in [6.45, 7) is 0. The highest BCUT2D eigenvalue weighted by Crippen LogP contribution is 2.35. The molecule has 24 heavy (non-hydrogen) atoms. The number of nitriles is 1. The van der Waals surface area contributed by atoms with Gasteiger partial charge < -0.3 is 26.0 Å². The van der Waals surface area contributed by atoms with Crippen LogP contribution in [0, 0.1) is 11.3 Å². The van der Waals surface area contributed by atoms with Crippen LogP contribution in [0.5, 0.6) is 17.2 Å². The van der Waals surface area contributed by atoms with E-state index in [0.717, 1.165) is 12.1 Å². The summed E-state index contributed by atoms with van der Waals surface area (Å²) in [6, 6.07) is 9.89. The van der Waals surface area contributed by atoms with Crippen LogP contribution in [0.15, 0.2) is 36.4 Å². The van der Waals surface area contributed by atoms with Crippen molar-refractivity contribution in [1.29, 1.82) is 5.26 Å². The Balaban J connectivity index is 2.07. The minimum Gasteiger partial charge on any atom is -0.504 e. The molecule has 2 aromatic carbocycles. The summed E-state index contributed by atoms with van der Waals surface area (Å²) in [5.74, 6) is -2.98. The van der Waals surface area contributed by atoms with Crippen LogP contribution in [0.25, 0.3) is 0 Å². The van der Waals surface area contributed by atoms with Crippen LogP contribution in [-0.4, -0.2) is 27.1 Å². The van der Waals surface area contributed by atoms with E-state index in [9.17, 15) is 24.9 Å². The van der Waals surface area contributed by atoms with E-state index in [2.05, 4.69) is 10.6 Å². The van der Waals surface area contributed by atoms with Crippen LogP contribution in [0.1, 0.15) is 16.8 Å². The highest BCUT2D eigenvalue weighted by atomic mass is 16.3. The molecule has 5 N–H and O–H groups in total. The summed E-state index contributed by atoms with van der Waals surface area (Å²) in [7, 11) is 0. The van der Waals surface area contributed by atoms with Gasteiger partial charge in [-0.05, 0) is 36.4 Å². The van der Waals surface area contributed by atoms with Crippen LogP contribution in [0.4, 0.5) is 11.4 Å². The minimum atomic E-state index is -0.705. The second kappa shape index (κ2) is 7.02. The lowest BCUT2D eigenvalue weighted by atomic mass is 10.1. The Morgan fingerprint density at radius 2 is 1.46 bits per heavy atom. The van der Waals surface area contributed by atoms with Gasteiger partial charge in [0.05, 0.1) is 6.07 Å². The van der Waals surface area contributed by atoms with Gasteiger partial charge in [-0.25, -0.2) is 0 Å². The minimum absolute atomic E-state index is 0.0470. The van der Waals surface area contributed by atoms with Crippen molar-refractivity contribution in [3.8, 4) is 23.3 Å². The van der Waals surface area contributed by atoms with Crippen LogP contribution in [0.2, 0.25) is 0 Å². The SMILES string of the molecule is N#CCC(=O)Nc1ccc(NC(=O)c2cc(O)c(O)c(O)c2)cc1. The third-order valence-corrected chi connectivity index (χ3v) is 3.00. The molecule has 0 heterocycles. The largest absolute Gasteiger partial charge is 0.504 e. The Hall–Kier alpha value is -3.73. The Bertz CT molecular complexity index is 802. The molecule has 8 heteroatoms. The first-order valence-electron chi connectivity index (χ1n) is 6.74. The fraction of sp³-hybridized carbons (Fsp3) is 0.0625. The Morgan fingerprint density at radius 3 is 1.96 bits per heavy atom. The number of nitrogens with zero attached hydrogens (tertiary/aromatic N) is 1. The van der Waals surface area contributed by atoms with Crippen molar-refractivity contribution in [2.24, 2.45) is 0 Å². The lowest BCUT2D eigenvalue weighted by Gasteiger charge is -2.08. The molecular weight excluding hydrogens is 314 g/mol. The number of phenolic OH excluding ortho intramolecular Hbond substituents is 3. The van der Waals surface area contributed by atoms with Crippen molar-refractivity contribution in [2.45, 2.75) is 6.42 Å². The number of hydrogen-bond acceptors (Lipinski definition) is 6. The summed E-state index contributed by atoms with van der Waals surface area (Å²) >= 11 is 0. The zero-order valence-corrected chi connectivity index (χ0v) is 12.3. The van der Waals surface area contributed by atoms with E-state index in [1.807, 2.05) is 0 Å².